The van der Waals surface area contributed by atoms with Crippen LogP contribution >= 0.6 is 0 Å². The number of benzene rings is 1. The first kappa shape index (κ1) is 28.7. The lowest BCUT2D eigenvalue weighted by atomic mass is 9.46. The van der Waals surface area contributed by atoms with Gasteiger partial charge < -0.3 is 24.1 Å². The molecule has 5 atom stereocenters. The Morgan fingerprint density at radius 3 is 2.45 bits per heavy atom. The number of phenolic OH excluding ortho intramolecular Hbond substituents is 1. The third-order valence-corrected chi connectivity index (χ3v) is 10.0. The van der Waals surface area contributed by atoms with Crippen LogP contribution in [0.5, 0.6) is 17.2 Å². The third-order valence-electron chi connectivity index (χ3n) is 10.0. The Kier molecular flexibility index (Phi) is 6.19. The monoisotopic (exact) mass is 576 g/mol. The Hall–Kier alpha value is -3.39. The van der Waals surface area contributed by atoms with Gasteiger partial charge in [0, 0.05) is 29.4 Å². The number of phenols is 1. The highest BCUT2D eigenvalue weighted by Gasteiger charge is 2.83. The number of esters is 1. The molecule has 0 radical (unpaired) electrons. The molecule has 1 saturated heterocycles. The Morgan fingerprint density at radius 2 is 1.79 bits per heavy atom. The number of allylic oxidation sites excluding steroid dienone is 2. The minimum atomic E-state index is -1.49. The Labute approximate surface area is 246 Å². The zero-order valence-electron chi connectivity index (χ0n) is 25.7. The molecular formula is C34H40O8. The van der Waals surface area contributed by atoms with E-state index in [0.717, 1.165) is 5.57 Å². The van der Waals surface area contributed by atoms with E-state index in [1.54, 1.807) is 13.0 Å². The summed E-state index contributed by atoms with van der Waals surface area (Å²) in [7, 11) is 1.31. The highest BCUT2D eigenvalue weighted by Crippen LogP contribution is 2.70. The summed E-state index contributed by atoms with van der Waals surface area (Å²) < 4.78 is 25.3. The second-order valence-corrected chi connectivity index (χ2v) is 13.8. The predicted molar refractivity (Wildman–Crippen MR) is 156 cm³/mol. The molecular weight excluding hydrogens is 536 g/mol. The van der Waals surface area contributed by atoms with Crippen molar-refractivity contribution in [3.05, 3.63) is 46.1 Å². The highest BCUT2D eigenvalue weighted by molar-refractivity contribution is 6.09. The van der Waals surface area contributed by atoms with Crippen LogP contribution in [0.15, 0.2) is 29.4 Å². The van der Waals surface area contributed by atoms with Gasteiger partial charge in [-0.1, -0.05) is 17.7 Å². The second-order valence-electron chi connectivity index (χ2n) is 13.8. The molecule has 7 rings (SSSR count). The van der Waals surface area contributed by atoms with Gasteiger partial charge in [0.1, 0.15) is 28.4 Å². The number of carbonyl (C=O) groups excluding carboxylic acids is 3. The van der Waals surface area contributed by atoms with E-state index in [-0.39, 0.29) is 41.0 Å². The molecule has 4 fully saturated rings. The van der Waals surface area contributed by atoms with Gasteiger partial charge in [-0.2, -0.15) is 0 Å². The Morgan fingerprint density at radius 1 is 1.07 bits per heavy atom. The maximum absolute atomic E-state index is 14.7. The highest BCUT2D eigenvalue weighted by atomic mass is 16.6. The summed E-state index contributed by atoms with van der Waals surface area (Å²) in [6.45, 7) is 13.4. The summed E-state index contributed by atoms with van der Waals surface area (Å²) in [6, 6.07) is 0. The average molecular weight is 577 g/mol. The number of methoxy groups -OCH3 is 1. The Bertz CT molecular complexity index is 1520. The van der Waals surface area contributed by atoms with Crippen molar-refractivity contribution in [2.45, 2.75) is 96.6 Å². The molecule has 3 aliphatic heterocycles. The van der Waals surface area contributed by atoms with Gasteiger partial charge in [-0.05, 0) is 79.9 Å². The van der Waals surface area contributed by atoms with Crippen molar-refractivity contribution >= 4 is 23.6 Å². The SMILES string of the molecule is COC(=O)/C(C)=C\C[C@@]12OC(C)(C)C3C[C@@H](CC4C(=O)c5c(O)c6c(c(CC=C(C)C)c5O[C@]431)OC(C)(C)C=C6)C2=O. The minimum Gasteiger partial charge on any atom is -0.506 e. The first-order valence-corrected chi connectivity index (χ1v) is 14.8. The maximum atomic E-state index is 14.7. The fourth-order valence-electron chi connectivity index (χ4n) is 8.17. The lowest BCUT2D eigenvalue weighted by Gasteiger charge is -2.60. The fourth-order valence-corrected chi connectivity index (χ4v) is 8.17. The first-order valence-electron chi connectivity index (χ1n) is 14.8. The van der Waals surface area contributed by atoms with E-state index in [1.165, 1.54) is 7.11 Å². The molecule has 4 bridgehead atoms. The van der Waals surface area contributed by atoms with Gasteiger partial charge in [-0.3, -0.25) is 9.59 Å². The van der Waals surface area contributed by atoms with E-state index in [4.69, 9.17) is 18.9 Å². The zero-order chi connectivity index (χ0) is 30.6. The fraction of sp³-hybridized carbons (Fsp3) is 0.559. The van der Waals surface area contributed by atoms with Crippen LogP contribution in [0.4, 0.5) is 0 Å². The van der Waals surface area contributed by atoms with E-state index < -0.39 is 40.2 Å². The second kappa shape index (κ2) is 9.06. The molecule has 3 saturated carbocycles. The first-order chi connectivity index (χ1) is 19.6. The van der Waals surface area contributed by atoms with Gasteiger partial charge >= 0.3 is 5.97 Å². The van der Waals surface area contributed by atoms with E-state index in [2.05, 4.69) is 0 Å². The number of aromatic hydroxyl groups is 1. The number of ketones is 2. The molecule has 0 aromatic heterocycles. The predicted octanol–water partition coefficient (Wildman–Crippen LogP) is 5.68. The van der Waals surface area contributed by atoms with Crippen LogP contribution in [0.1, 0.15) is 89.2 Å². The van der Waals surface area contributed by atoms with Gasteiger partial charge in [0.05, 0.1) is 24.2 Å². The average Bonchev–Trinajstić information content (AvgIpc) is 3.07. The van der Waals surface area contributed by atoms with Gasteiger partial charge in [-0.25, -0.2) is 4.79 Å². The smallest absolute Gasteiger partial charge is 0.333 e. The van der Waals surface area contributed by atoms with Crippen molar-refractivity contribution < 1.29 is 38.4 Å². The number of fused-ring (bicyclic) bond motifs is 2. The van der Waals surface area contributed by atoms with Crippen LogP contribution in [-0.2, 0) is 25.5 Å². The van der Waals surface area contributed by atoms with E-state index in [9.17, 15) is 19.5 Å². The van der Waals surface area contributed by atoms with Crippen molar-refractivity contribution in [2.24, 2.45) is 17.8 Å². The van der Waals surface area contributed by atoms with Crippen LogP contribution in [0.25, 0.3) is 6.08 Å². The molecule has 3 heterocycles. The summed E-state index contributed by atoms with van der Waals surface area (Å²) >= 11 is 0. The van der Waals surface area contributed by atoms with E-state index in [0.29, 0.717) is 41.7 Å². The van der Waals surface area contributed by atoms with Crippen molar-refractivity contribution in [3.8, 4) is 17.2 Å². The van der Waals surface area contributed by atoms with Crippen LogP contribution in [0.3, 0.4) is 0 Å². The number of Topliss-reactive ketones (excluding diaryl/α,β-unsaturated/α-hetero) is 2. The summed E-state index contributed by atoms with van der Waals surface area (Å²) in [5.41, 5.74) is -1.56. The molecule has 1 aromatic rings. The van der Waals surface area contributed by atoms with Crippen molar-refractivity contribution in [3.63, 3.8) is 0 Å². The van der Waals surface area contributed by atoms with Gasteiger partial charge in [0.15, 0.2) is 22.8 Å². The van der Waals surface area contributed by atoms with Crippen LogP contribution in [0.2, 0.25) is 0 Å². The largest absolute Gasteiger partial charge is 0.506 e. The lowest BCUT2D eigenvalue weighted by Crippen LogP contribution is -2.76. The van der Waals surface area contributed by atoms with Crippen molar-refractivity contribution in [2.75, 3.05) is 7.11 Å². The van der Waals surface area contributed by atoms with Gasteiger partial charge in [0.25, 0.3) is 0 Å². The summed E-state index contributed by atoms with van der Waals surface area (Å²) in [6.07, 6.45) is 8.72. The molecule has 1 spiro atoms. The summed E-state index contributed by atoms with van der Waals surface area (Å²) in [5, 5.41) is 11.6. The molecule has 8 heteroatoms. The molecule has 3 aliphatic carbocycles. The normalized spacial score (nSPS) is 32.8. The summed E-state index contributed by atoms with van der Waals surface area (Å²) in [4.78, 5) is 41.3. The topological polar surface area (TPSA) is 108 Å². The standard InChI is InChI=1S/C34H40O8/c1-17(2)9-10-21-27-20(12-13-31(4,5)40-27)25(35)24-26(36)22-15-19-16-23-32(6,7)42-33(29(19)37,34(22,23)41-28(21)24)14-11-18(3)30(38)39-8/h9,11-13,19,22-23,35H,10,14-16H2,1-8H3/b18-11-/t19-,22?,23?,33+,34-/m1/s1. The van der Waals surface area contributed by atoms with E-state index >= 15 is 0 Å². The number of carbonyl (C=O) groups is 3. The van der Waals surface area contributed by atoms with Crippen molar-refractivity contribution in [1.82, 2.24) is 0 Å². The van der Waals surface area contributed by atoms with Crippen LogP contribution in [-0.4, -0.2) is 52.2 Å². The number of ether oxygens (including phenoxy) is 4. The molecule has 224 valence electrons. The number of hydrogen-bond acceptors (Lipinski definition) is 8. The number of rotatable bonds is 5. The minimum absolute atomic E-state index is 0.0643. The molecule has 8 nitrogen and oxygen atoms in total. The Balaban J connectivity index is 1.62. The molecule has 0 amide bonds. The van der Waals surface area contributed by atoms with E-state index in [1.807, 2.05) is 59.8 Å². The molecule has 1 N–H and O–H groups in total. The van der Waals surface area contributed by atoms with Crippen LogP contribution < -0.4 is 9.47 Å². The van der Waals surface area contributed by atoms with Gasteiger partial charge in [0.2, 0.25) is 0 Å². The van der Waals surface area contributed by atoms with Gasteiger partial charge in [-0.15, -0.1) is 0 Å². The third kappa shape index (κ3) is 3.66. The quantitative estimate of drug-likeness (QED) is 0.271. The summed E-state index contributed by atoms with van der Waals surface area (Å²) in [5.74, 6) is -1.64. The molecule has 1 aromatic carbocycles. The molecule has 42 heavy (non-hydrogen) atoms. The molecule has 6 aliphatic rings. The van der Waals surface area contributed by atoms with Crippen molar-refractivity contribution in [1.29, 1.82) is 0 Å². The van der Waals surface area contributed by atoms with Crippen LogP contribution in [0, 0.1) is 17.8 Å². The maximum Gasteiger partial charge on any atom is 0.333 e. The zero-order valence-corrected chi connectivity index (χ0v) is 25.7. The molecule has 2 unspecified atom stereocenters. The lowest BCUT2D eigenvalue weighted by molar-refractivity contribution is -0.199. The number of hydrogen-bond donors (Lipinski definition) is 1.